The third kappa shape index (κ3) is 4.04. The molecule has 10 heteroatoms. The van der Waals surface area contributed by atoms with Crippen molar-refractivity contribution in [3.05, 3.63) is 71.2 Å². The lowest BCUT2D eigenvalue weighted by Gasteiger charge is -2.40. The third-order valence-electron chi connectivity index (χ3n) is 6.63. The van der Waals surface area contributed by atoms with E-state index in [9.17, 15) is 9.59 Å². The molecule has 3 heterocycles. The van der Waals surface area contributed by atoms with E-state index in [0.29, 0.717) is 30.8 Å². The summed E-state index contributed by atoms with van der Waals surface area (Å²) in [6.45, 7) is 3.36. The van der Waals surface area contributed by atoms with Gasteiger partial charge in [-0.2, -0.15) is 10.2 Å². The molecular weight excluding hydrogens is 458 g/mol. The summed E-state index contributed by atoms with van der Waals surface area (Å²) in [5.74, 6) is -0.133. The van der Waals surface area contributed by atoms with Gasteiger partial charge < -0.3 is 20.3 Å². The van der Waals surface area contributed by atoms with E-state index >= 15 is 0 Å². The molecule has 0 aliphatic carbocycles. The van der Waals surface area contributed by atoms with Crippen molar-refractivity contribution in [1.82, 2.24) is 29.4 Å². The van der Waals surface area contributed by atoms with Crippen LogP contribution in [0.15, 0.2) is 48.9 Å². The van der Waals surface area contributed by atoms with Gasteiger partial charge in [-0.15, -0.1) is 0 Å². The zero-order chi connectivity index (χ0) is 25.6. The number of benzene rings is 2. The van der Waals surface area contributed by atoms with Crippen molar-refractivity contribution in [1.29, 1.82) is 0 Å². The Morgan fingerprint density at radius 3 is 2.64 bits per heavy atom. The summed E-state index contributed by atoms with van der Waals surface area (Å²) in [5.41, 5.74) is 10.9. The molecule has 186 valence electrons. The SMILES string of the molecule is COc1cc2c(cnn2-c2c(C)cccc2Cc2cnn(C3CN(C(=O)N(C)C)C3)c2)cc1C(N)=O. The van der Waals surface area contributed by atoms with Crippen LogP contribution in [0.2, 0.25) is 0 Å². The van der Waals surface area contributed by atoms with Crippen LogP contribution < -0.4 is 10.5 Å². The van der Waals surface area contributed by atoms with Crippen molar-refractivity contribution < 1.29 is 14.3 Å². The summed E-state index contributed by atoms with van der Waals surface area (Å²) in [6, 6.07) is 9.89. The molecule has 2 aromatic carbocycles. The maximum atomic E-state index is 12.1. The van der Waals surface area contributed by atoms with E-state index < -0.39 is 5.91 Å². The van der Waals surface area contributed by atoms with Crippen LogP contribution in [0.5, 0.6) is 5.75 Å². The minimum absolute atomic E-state index is 0.0223. The number of amides is 3. The normalized spacial score (nSPS) is 13.6. The molecule has 1 aliphatic rings. The molecule has 36 heavy (non-hydrogen) atoms. The van der Waals surface area contributed by atoms with Crippen LogP contribution in [0.25, 0.3) is 16.6 Å². The number of nitrogens with zero attached hydrogens (tertiary/aromatic N) is 6. The minimum Gasteiger partial charge on any atom is -0.496 e. The molecule has 0 unspecified atom stereocenters. The predicted octanol–water partition coefficient (Wildman–Crippen LogP) is 2.77. The van der Waals surface area contributed by atoms with E-state index in [1.165, 1.54) is 7.11 Å². The van der Waals surface area contributed by atoms with Gasteiger partial charge >= 0.3 is 6.03 Å². The molecule has 2 aromatic heterocycles. The Kier molecular flexibility index (Phi) is 5.87. The molecule has 3 amide bonds. The van der Waals surface area contributed by atoms with E-state index in [1.54, 1.807) is 37.3 Å². The number of ether oxygens (including phenoxy) is 1. The molecule has 0 saturated carbocycles. The van der Waals surface area contributed by atoms with Crippen molar-refractivity contribution in [3.8, 4) is 11.4 Å². The highest BCUT2D eigenvalue weighted by molar-refractivity contribution is 6.00. The first-order valence-electron chi connectivity index (χ1n) is 11.7. The van der Waals surface area contributed by atoms with Gasteiger partial charge in [-0.05, 0) is 29.7 Å². The van der Waals surface area contributed by atoms with Gasteiger partial charge in [-0.3, -0.25) is 9.48 Å². The highest BCUT2D eigenvalue weighted by atomic mass is 16.5. The molecule has 5 rings (SSSR count). The summed E-state index contributed by atoms with van der Waals surface area (Å²) in [7, 11) is 5.04. The number of hydrogen-bond donors (Lipinski definition) is 1. The smallest absolute Gasteiger partial charge is 0.319 e. The monoisotopic (exact) mass is 487 g/mol. The molecule has 1 aliphatic heterocycles. The highest BCUT2D eigenvalue weighted by Crippen LogP contribution is 2.31. The number of para-hydroxylation sites is 1. The van der Waals surface area contributed by atoms with Gasteiger partial charge in [-0.25, -0.2) is 9.48 Å². The predicted molar refractivity (Wildman–Crippen MR) is 136 cm³/mol. The first kappa shape index (κ1) is 23.4. The topological polar surface area (TPSA) is 112 Å². The lowest BCUT2D eigenvalue weighted by atomic mass is 10.0. The van der Waals surface area contributed by atoms with Crippen molar-refractivity contribution in [2.75, 3.05) is 34.3 Å². The number of methoxy groups -OCH3 is 1. The second-order valence-corrected chi connectivity index (χ2v) is 9.36. The van der Waals surface area contributed by atoms with Gasteiger partial charge in [0.15, 0.2) is 0 Å². The van der Waals surface area contributed by atoms with Crippen LogP contribution in [-0.4, -0.2) is 75.6 Å². The number of fused-ring (bicyclic) bond motifs is 1. The largest absolute Gasteiger partial charge is 0.496 e. The molecule has 0 atom stereocenters. The van der Waals surface area contributed by atoms with Crippen LogP contribution in [-0.2, 0) is 6.42 Å². The number of carbonyl (C=O) groups excluding carboxylic acids is 2. The average molecular weight is 488 g/mol. The van der Waals surface area contributed by atoms with Crippen molar-refractivity contribution in [2.45, 2.75) is 19.4 Å². The Balaban J connectivity index is 1.44. The Morgan fingerprint density at radius 2 is 1.94 bits per heavy atom. The average Bonchev–Trinajstić information content (AvgIpc) is 3.44. The van der Waals surface area contributed by atoms with E-state index in [2.05, 4.69) is 35.5 Å². The van der Waals surface area contributed by atoms with Crippen molar-refractivity contribution >= 4 is 22.8 Å². The maximum absolute atomic E-state index is 12.1. The van der Waals surface area contributed by atoms with Crippen molar-refractivity contribution in [2.24, 2.45) is 5.73 Å². The van der Waals surface area contributed by atoms with Crippen LogP contribution in [0.1, 0.15) is 33.1 Å². The van der Waals surface area contributed by atoms with Gasteiger partial charge in [0.1, 0.15) is 5.75 Å². The summed E-state index contributed by atoms with van der Waals surface area (Å²) in [5, 5.41) is 10.0. The van der Waals surface area contributed by atoms with E-state index in [1.807, 2.05) is 26.5 Å². The molecule has 0 spiro atoms. The Labute approximate surface area is 208 Å². The van der Waals surface area contributed by atoms with Crippen LogP contribution >= 0.6 is 0 Å². The number of primary amides is 1. The van der Waals surface area contributed by atoms with Crippen LogP contribution in [0.3, 0.4) is 0 Å². The summed E-state index contributed by atoms with van der Waals surface area (Å²) in [4.78, 5) is 27.4. The molecule has 0 bridgehead atoms. The number of likely N-dealkylation sites (tertiary alicyclic amines) is 1. The van der Waals surface area contributed by atoms with Crippen molar-refractivity contribution in [3.63, 3.8) is 0 Å². The second-order valence-electron chi connectivity index (χ2n) is 9.36. The van der Waals surface area contributed by atoms with Gasteiger partial charge in [0, 0.05) is 51.3 Å². The Hall–Kier alpha value is -4.34. The molecule has 10 nitrogen and oxygen atoms in total. The van der Waals surface area contributed by atoms with E-state index in [-0.39, 0.29) is 12.1 Å². The quantitative estimate of drug-likeness (QED) is 0.450. The number of rotatable bonds is 6. The van der Waals surface area contributed by atoms with Crippen LogP contribution in [0.4, 0.5) is 4.79 Å². The lowest BCUT2D eigenvalue weighted by molar-refractivity contribution is 0.0994. The molecule has 2 N–H and O–H groups in total. The summed E-state index contributed by atoms with van der Waals surface area (Å²) < 4.78 is 9.26. The number of nitrogens with two attached hydrogens (primary N) is 1. The fourth-order valence-electron chi connectivity index (χ4n) is 4.71. The van der Waals surface area contributed by atoms with E-state index in [4.69, 9.17) is 10.5 Å². The second kappa shape index (κ2) is 9.03. The number of hydrogen-bond acceptors (Lipinski definition) is 5. The fourth-order valence-corrected chi connectivity index (χ4v) is 4.71. The lowest BCUT2D eigenvalue weighted by Crippen LogP contribution is -2.53. The van der Waals surface area contributed by atoms with E-state index in [0.717, 1.165) is 33.3 Å². The summed E-state index contributed by atoms with van der Waals surface area (Å²) >= 11 is 0. The molecule has 1 fully saturated rings. The third-order valence-corrected chi connectivity index (χ3v) is 6.63. The van der Waals surface area contributed by atoms with Gasteiger partial charge in [0.2, 0.25) is 0 Å². The van der Waals surface area contributed by atoms with Gasteiger partial charge in [0.05, 0.1) is 42.3 Å². The first-order valence-corrected chi connectivity index (χ1v) is 11.7. The minimum atomic E-state index is -0.546. The number of urea groups is 1. The molecular formula is C26H29N7O3. The maximum Gasteiger partial charge on any atom is 0.319 e. The molecule has 4 aromatic rings. The summed E-state index contributed by atoms with van der Waals surface area (Å²) in [6.07, 6.45) is 6.33. The zero-order valence-electron chi connectivity index (χ0n) is 20.8. The van der Waals surface area contributed by atoms with Crippen LogP contribution in [0, 0.1) is 6.92 Å². The van der Waals surface area contributed by atoms with Gasteiger partial charge in [-0.1, -0.05) is 18.2 Å². The van der Waals surface area contributed by atoms with Gasteiger partial charge in [0.25, 0.3) is 5.91 Å². The molecule has 0 radical (unpaired) electrons. The Morgan fingerprint density at radius 1 is 1.17 bits per heavy atom. The standard InChI is InChI=1S/C26H29N7O3/c1-16-6-5-7-18(8-17-11-28-32(13-17)20-14-31(15-20)26(35)30(2)3)24(16)33-22-10-23(36-4)21(25(27)34)9-19(22)12-29-33/h5-7,9-13,20H,8,14-15H2,1-4H3,(H2,27,34). The zero-order valence-corrected chi connectivity index (χ0v) is 20.8. The fraction of sp³-hybridized carbons (Fsp3) is 0.308. The first-order chi connectivity index (χ1) is 17.3. The Bertz CT molecular complexity index is 1460. The highest BCUT2D eigenvalue weighted by Gasteiger charge is 2.33. The number of carbonyl (C=O) groups is 2. The molecule has 1 saturated heterocycles. The number of aromatic nitrogens is 4. The number of aryl methyl sites for hydroxylation is 1.